The van der Waals surface area contributed by atoms with Gasteiger partial charge in [-0.1, -0.05) is 22.0 Å². The highest BCUT2D eigenvalue weighted by molar-refractivity contribution is 9.09. The van der Waals surface area contributed by atoms with Crippen molar-refractivity contribution in [3.63, 3.8) is 0 Å². The first-order valence-corrected chi connectivity index (χ1v) is 7.79. The molecule has 1 fully saturated rings. The van der Waals surface area contributed by atoms with Crippen LogP contribution in [0.5, 0.6) is 5.75 Å². The number of hydrogen-bond donors (Lipinski definition) is 1. The van der Waals surface area contributed by atoms with Crippen LogP contribution in [0.3, 0.4) is 0 Å². The van der Waals surface area contributed by atoms with Crippen molar-refractivity contribution in [2.45, 2.75) is 36.1 Å². The van der Waals surface area contributed by atoms with Crippen molar-refractivity contribution >= 4 is 27.5 Å². The maximum absolute atomic E-state index is 11.4. The monoisotopic (exact) mass is 339 g/mol. The molecule has 1 aliphatic heterocycles. The van der Waals surface area contributed by atoms with Crippen LogP contribution in [0, 0.1) is 0 Å². The van der Waals surface area contributed by atoms with E-state index in [0.717, 1.165) is 36.3 Å². The van der Waals surface area contributed by atoms with Crippen LogP contribution in [0.25, 0.3) is 0 Å². The molecule has 1 aromatic carbocycles. The third-order valence-corrected chi connectivity index (χ3v) is 5.10. The van der Waals surface area contributed by atoms with Gasteiger partial charge >= 0.3 is 0 Å². The summed E-state index contributed by atoms with van der Waals surface area (Å²) >= 11 is 3.75. The number of nitrogens with one attached hydrogen (secondary N) is 1. The summed E-state index contributed by atoms with van der Waals surface area (Å²) < 4.78 is 11.0. The lowest BCUT2D eigenvalue weighted by Crippen LogP contribution is -2.39. The van der Waals surface area contributed by atoms with Crippen molar-refractivity contribution in [2.24, 2.45) is 0 Å². The highest BCUT2D eigenvalue weighted by atomic mass is 79.9. The van der Waals surface area contributed by atoms with E-state index < -0.39 is 0 Å². The SMILES string of the molecule is COC1(CC(Br)c2ccc3c(c2)NC(=O)CO3)CCC1. The Labute approximate surface area is 127 Å². The van der Waals surface area contributed by atoms with Gasteiger partial charge in [-0.15, -0.1) is 0 Å². The average molecular weight is 340 g/mol. The summed E-state index contributed by atoms with van der Waals surface area (Å²) in [5, 5.41) is 2.84. The Morgan fingerprint density at radius 3 is 2.95 bits per heavy atom. The van der Waals surface area contributed by atoms with Gasteiger partial charge in [0.25, 0.3) is 5.91 Å². The molecule has 0 radical (unpaired) electrons. The second-order valence-corrected chi connectivity index (χ2v) is 6.61. The van der Waals surface area contributed by atoms with Gasteiger partial charge in [-0.3, -0.25) is 4.79 Å². The minimum atomic E-state index is -0.104. The predicted molar refractivity (Wildman–Crippen MR) is 80.4 cm³/mol. The van der Waals surface area contributed by atoms with E-state index in [1.54, 1.807) is 7.11 Å². The van der Waals surface area contributed by atoms with Crippen LogP contribution >= 0.6 is 15.9 Å². The van der Waals surface area contributed by atoms with Crippen LogP contribution in [0.2, 0.25) is 0 Å². The van der Waals surface area contributed by atoms with Gasteiger partial charge in [-0.05, 0) is 43.4 Å². The second kappa shape index (κ2) is 5.37. The van der Waals surface area contributed by atoms with E-state index in [4.69, 9.17) is 9.47 Å². The number of ether oxygens (including phenoxy) is 2. The molecule has 1 atom stereocenters. The molecule has 20 heavy (non-hydrogen) atoms. The molecule has 0 spiro atoms. The number of alkyl halides is 1. The fraction of sp³-hybridized carbons (Fsp3) is 0.533. The quantitative estimate of drug-likeness (QED) is 0.855. The Morgan fingerprint density at radius 2 is 2.30 bits per heavy atom. The second-order valence-electron chi connectivity index (χ2n) is 5.50. The summed E-state index contributed by atoms with van der Waals surface area (Å²) in [7, 11) is 1.79. The zero-order valence-electron chi connectivity index (χ0n) is 11.4. The van der Waals surface area contributed by atoms with Gasteiger partial charge in [-0.25, -0.2) is 0 Å². The normalized spacial score (nSPS) is 21.2. The molecule has 1 aliphatic carbocycles. The number of rotatable bonds is 4. The number of anilines is 1. The first-order valence-electron chi connectivity index (χ1n) is 6.88. The molecule has 1 aromatic rings. The summed E-state index contributed by atoms with van der Waals surface area (Å²) in [6.07, 6.45) is 4.42. The van der Waals surface area contributed by atoms with Crippen molar-refractivity contribution in [1.82, 2.24) is 0 Å². The zero-order valence-corrected chi connectivity index (χ0v) is 13.0. The lowest BCUT2D eigenvalue weighted by Gasteiger charge is -2.42. The fourth-order valence-electron chi connectivity index (χ4n) is 2.80. The summed E-state index contributed by atoms with van der Waals surface area (Å²) in [5.74, 6) is 0.631. The minimum absolute atomic E-state index is 0.0177. The van der Waals surface area contributed by atoms with Gasteiger partial charge in [-0.2, -0.15) is 0 Å². The molecule has 5 heteroatoms. The maximum Gasteiger partial charge on any atom is 0.262 e. The van der Waals surface area contributed by atoms with E-state index >= 15 is 0 Å². The molecule has 4 nitrogen and oxygen atoms in total. The Bertz CT molecular complexity index is 522. The molecule has 1 heterocycles. The Balaban J connectivity index is 1.76. The third-order valence-electron chi connectivity index (χ3n) is 4.25. The molecule has 0 bridgehead atoms. The lowest BCUT2D eigenvalue weighted by molar-refractivity contribution is -0.118. The molecule has 1 saturated carbocycles. The first-order chi connectivity index (χ1) is 9.62. The molecule has 0 saturated heterocycles. The molecule has 3 rings (SSSR count). The van der Waals surface area contributed by atoms with E-state index in [1.165, 1.54) is 6.42 Å². The third kappa shape index (κ3) is 2.56. The Kier molecular flexibility index (Phi) is 3.73. The molecule has 1 unspecified atom stereocenters. The minimum Gasteiger partial charge on any atom is -0.482 e. The standard InChI is InChI=1S/C15H18BrNO3/c1-19-15(5-2-6-15)8-11(16)10-3-4-13-12(7-10)17-14(18)9-20-13/h3-4,7,11H,2,5-6,8-9H2,1H3,(H,17,18). The average Bonchev–Trinajstić information content (AvgIpc) is 2.41. The van der Waals surface area contributed by atoms with Crippen LogP contribution in [-0.2, 0) is 9.53 Å². The molecular formula is C15H18BrNO3. The highest BCUT2D eigenvalue weighted by Gasteiger charge is 2.38. The summed E-state index contributed by atoms with van der Waals surface area (Å²) in [5.41, 5.74) is 1.91. The molecule has 0 aromatic heterocycles. The van der Waals surface area contributed by atoms with Crippen molar-refractivity contribution < 1.29 is 14.3 Å². The van der Waals surface area contributed by atoms with Gasteiger partial charge in [0.2, 0.25) is 0 Å². The van der Waals surface area contributed by atoms with Crippen molar-refractivity contribution in [3.05, 3.63) is 23.8 Å². The van der Waals surface area contributed by atoms with Crippen molar-refractivity contribution in [1.29, 1.82) is 0 Å². The van der Waals surface area contributed by atoms with Gasteiger partial charge in [0.15, 0.2) is 6.61 Å². The maximum atomic E-state index is 11.4. The number of benzene rings is 1. The fourth-order valence-corrected chi connectivity index (χ4v) is 3.68. The summed E-state index contributed by atoms with van der Waals surface area (Å²) in [4.78, 5) is 11.6. The topological polar surface area (TPSA) is 47.6 Å². The van der Waals surface area contributed by atoms with Gasteiger partial charge < -0.3 is 14.8 Å². The number of carbonyl (C=O) groups excluding carboxylic acids is 1. The van der Waals surface area contributed by atoms with E-state index in [0.29, 0.717) is 0 Å². The number of amides is 1. The first kappa shape index (κ1) is 13.9. The lowest BCUT2D eigenvalue weighted by atomic mass is 9.76. The molecule has 108 valence electrons. The number of carbonyl (C=O) groups is 1. The Morgan fingerprint density at radius 1 is 1.50 bits per heavy atom. The van der Waals surface area contributed by atoms with Crippen molar-refractivity contribution in [2.75, 3.05) is 19.0 Å². The largest absolute Gasteiger partial charge is 0.482 e. The number of halogens is 1. The van der Waals surface area contributed by atoms with Gasteiger partial charge in [0.1, 0.15) is 5.75 Å². The summed E-state index contributed by atoms with van der Waals surface area (Å²) in [6.45, 7) is 0.0941. The van der Waals surface area contributed by atoms with E-state index in [-0.39, 0.29) is 22.9 Å². The van der Waals surface area contributed by atoms with Crippen LogP contribution in [0.4, 0.5) is 5.69 Å². The summed E-state index contributed by atoms with van der Waals surface area (Å²) in [6, 6.07) is 5.93. The zero-order chi connectivity index (χ0) is 14.2. The molecule has 1 amide bonds. The predicted octanol–water partition coefficient (Wildman–Crippen LogP) is 3.41. The van der Waals surface area contributed by atoms with Gasteiger partial charge in [0.05, 0.1) is 11.3 Å². The molecular weight excluding hydrogens is 322 g/mol. The van der Waals surface area contributed by atoms with Crippen LogP contribution in [0.15, 0.2) is 18.2 Å². The van der Waals surface area contributed by atoms with Crippen LogP contribution in [0.1, 0.15) is 36.1 Å². The number of hydrogen-bond acceptors (Lipinski definition) is 3. The van der Waals surface area contributed by atoms with E-state index in [1.807, 2.05) is 18.2 Å². The van der Waals surface area contributed by atoms with Crippen LogP contribution < -0.4 is 10.1 Å². The Hall–Kier alpha value is -1.07. The van der Waals surface area contributed by atoms with E-state index in [2.05, 4.69) is 21.2 Å². The van der Waals surface area contributed by atoms with E-state index in [9.17, 15) is 4.79 Å². The highest BCUT2D eigenvalue weighted by Crippen LogP contribution is 2.45. The number of methoxy groups -OCH3 is 1. The van der Waals surface area contributed by atoms with Crippen LogP contribution in [-0.4, -0.2) is 25.2 Å². The molecule has 2 aliphatic rings. The smallest absolute Gasteiger partial charge is 0.262 e. The van der Waals surface area contributed by atoms with Crippen molar-refractivity contribution in [3.8, 4) is 5.75 Å². The molecule has 1 N–H and O–H groups in total. The van der Waals surface area contributed by atoms with Gasteiger partial charge in [0, 0.05) is 11.9 Å². The number of fused-ring (bicyclic) bond motifs is 1.